The van der Waals surface area contributed by atoms with Crippen LogP contribution in [0.4, 0.5) is 4.79 Å². The highest BCUT2D eigenvalue weighted by atomic mass is 16.6. The molecule has 1 aromatic carbocycles. The number of amides is 1. The first kappa shape index (κ1) is 13.9. The number of carbonyl (C=O) groups is 1. The summed E-state index contributed by atoms with van der Waals surface area (Å²) in [6.45, 7) is 3.84. The van der Waals surface area contributed by atoms with Crippen molar-refractivity contribution in [3.8, 4) is 0 Å². The number of rotatable bonds is 3. The van der Waals surface area contributed by atoms with E-state index in [0.717, 1.165) is 18.4 Å². The molecule has 0 aliphatic heterocycles. The van der Waals surface area contributed by atoms with Crippen molar-refractivity contribution in [1.82, 2.24) is 5.32 Å². The largest absolute Gasteiger partial charge is 0.439 e. The van der Waals surface area contributed by atoms with Crippen LogP contribution in [0.2, 0.25) is 0 Å². The van der Waals surface area contributed by atoms with Gasteiger partial charge in [-0.3, -0.25) is 0 Å². The van der Waals surface area contributed by atoms with E-state index in [9.17, 15) is 4.79 Å². The van der Waals surface area contributed by atoms with E-state index in [1.807, 2.05) is 44.2 Å². The molecule has 0 aromatic heterocycles. The van der Waals surface area contributed by atoms with Gasteiger partial charge in [0.05, 0.1) is 0 Å². The summed E-state index contributed by atoms with van der Waals surface area (Å²) in [7, 11) is 0. The summed E-state index contributed by atoms with van der Waals surface area (Å²) >= 11 is 0. The predicted octanol–water partition coefficient (Wildman–Crippen LogP) is 3.98. The fourth-order valence-corrected chi connectivity index (χ4v) is 2.57. The van der Waals surface area contributed by atoms with Gasteiger partial charge in [-0.1, -0.05) is 49.6 Å². The van der Waals surface area contributed by atoms with E-state index in [0.29, 0.717) is 0 Å². The third-order valence-corrected chi connectivity index (χ3v) is 3.74. The van der Waals surface area contributed by atoms with E-state index in [4.69, 9.17) is 4.74 Å². The van der Waals surface area contributed by atoms with Gasteiger partial charge < -0.3 is 10.1 Å². The van der Waals surface area contributed by atoms with Crippen LogP contribution in [-0.2, 0) is 10.3 Å². The van der Waals surface area contributed by atoms with Crippen molar-refractivity contribution in [3.05, 3.63) is 35.9 Å². The maximum absolute atomic E-state index is 12.0. The molecular weight excluding hydrogens is 238 g/mol. The lowest BCUT2D eigenvalue weighted by Crippen LogP contribution is -2.40. The van der Waals surface area contributed by atoms with Crippen molar-refractivity contribution in [2.45, 2.75) is 57.6 Å². The molecule has 1 fully saturated rings. The first-order chi connectivity index (χ1) is 9.08. The highest BCUT2D eigenvalue weighted by Gasteiger charge is 2.26. The molecule has 1 aliphatic rings. The minimum absolute atomic E-state index is 0.285. The first-order valence-corrected chi connectivity index (χ1v) is 7.13. The summed E-state index contributed by atoms with van der Waals surface area (Å²) in [5, 5.41) is 2.98. The molecule has 104 valence electrons. The fraction of sp³-hybridized carbons (Fsp3) is 0.562. The number of alkyl carbamates (subject to hydrolysis) is 1. The molecule has 1 aromatic rings. The maximum atomic E-state index is 12.0. The lowest BCUT2D eigenvalue weighted by Gasteiger charge is -2.28. The van der Waals surface area contributed by atoms with Crippen LogP contribution in [0, 0.1) is 0 Å². The number of nitrogens with one attached hydrogen (secondary N) is 1. The second-order valence-electron chi connectivity index (χ2n) is 5.75. The van der Waals surface area contributed by atoms with Crippen LogP contribution in [0.3, 0.4) is 0 Å². The SMILES string of the molecule is CC(C)(OC(=O)NC1CCCCC1)c1ccccc1. The monoisotopic (exact) mass is 261 g/mol. The van der Waals surface area contributed by atoms with Gasteiger partial charge in [-0.15, -0.1) is 0 Å². The number of hydrogen-bond acceptors (Lipinski definition) is 2. The molecule has 19 heavy (non-hydrogen) atoms. The van der Waals surface area contributed by atoms with Crippen molar-refractivity contribution in [1.29, 1.82) is 0 Å². The fourth-order valence-electron chi connectivity index (χ4n) is 2.57. The molecule has 0 heterocycles. The third kappa shape index (κ3) is 3.98. The summed E-state index contributed by atoms with van der Waals surface area (Å²) in [5.74, 6) is 0. The van der Waals surface area contributed by atoms with Crippen molar-refractivity contribution < 1.29 is 9.53 Å². The van der Waals surface area contributed by atoms with Gasteiger partial charge in [-0.05, 0) is 32.3 Å². The second-order valence-corrected chi connectivity index (χ2v) is 5.75. The van der Waals surface area contributed by atoms with Crippen LogP contribution in [0.5, 0.6) is 0 Å². The standard InChI is InChI=1S/C16H23NO2/c1-16(2,13-9-5-3-6-10-13)19-15(18)17-14-11-7-4-8-12-14/h3,5-6,9-10,14H,4,7-8,11-12H2,1-2H3,(H,17,18). The summed E-state index contributed by atoms with van der Waals surface area (Å²) in [4.78, 5) is 12.0. The predicted molar refractivity (Wildman–Crippen MR) is 76.0 cm³/mol. The quantitative estimate of drug-likeness (QED) is 0.893. The molecule has 1 N–H and O–H groups in total. The Balaban J connectivity index is 1.90. The number of hydrogen-bond donors (Lipinski definition) is 1. The number of ether oxygens (including phenoxy) is 1. The number of carbonyl (C=O) groups excluding carboxylic acids is 1. The van der Waals surface area contributed by atoms with E-state index in [1.165, 1.54) is 19.3 Å². The third-order valence-electron chi connectivity index (χ3n) is 3.74. The van der Waals surface area contributed by atoms with Gasteiger partial charge in [0.15, 0.2) is 0 Å². The van der Waals surface area contributed by atoms with Gasteiger partial charge in [0.1, 0.15) is 5.60 Å². The molecule has 0 radical (unpaired) electrons. The molecule has 0 saturated heterocycles. The van der Waals surface area contributed by atoms with Crippen molar-refractivity contribution >= 4 is 6.09 Å². The Bertz CT molecular complexity index is 408. The van der Waals surface area contributed by atoms with Crippen molar-refractivity contribution in [3.63, 3.8) is 0 Å². The lowest BCUT2D eigenvalue weighted by molar-refractivity contribution is 0.0334. The van der Waals surface area contributed by atoms with Crippen molar-refractivity contribution in [2.24, 2.45) is 0 Å². The van der Waals surface area contributed by atoms with E-state index in [2.05, 4.69) is 5.32 Å². The Morgan fingerprint density at radius 2 is 1.79 bits per heavy atom. The van der Waals surface area contributed by atoms with Crippen LogP contribution in [-0.4, -0.2) is 12.1 Å². The van der Waals surface area contributed by atoms with Crippen LogP contribution in [0.15, 0.2) is 30.3 Å². The second kappa shape index (κ2) is 6.09. The molecule has 3 nitrogen and oxygen atoms in total. The van der Waals surface area contributed by atoms with E-state index < -0.39 is 5.60 Å². The average molecular weight is 261 g/mol. The zero-order valence-corrected chi connectivity index (χ0v) is 11.8. The topological polar surface area (TPSA) is 38.3 Å². The average Bonchev–Trinajstić information content (AvgIpc) is 2.40. The van der Waals surface area contributed by atoms with Gasteiger partial charge in [0.2, 0.25) is 0 Å². The maximum Gasteiger partial charge on any atom is 0.408 e. The van der Waals surface area contributed by atoms with E-state index in [1.54, 1.807) is 0 Å². The van der Waals surface area contributed by atoms with Crippen LogP contribution in [0.1, 0.15) is 51.5 Å². The zero-order valence-electron chi connectivity index (χ0n) is 11.8. The highest BCUT2D eigenvalue weighted by Crippen LogP contribution is 2.25. The Labute approximate surface area is 115 Å². The minimum Gasteiger partial charge on any atom is -0.439 e. The molecule has 0 spiro atoms. The number of benzene rings is 1. The molecule has 0 unspecified atom stereocenters. The Morgan fingerprint density at radius 3 is 2.42 bits per heavy atom. The molecular formula is C16H23NO2. The zero-order chi connectivity index (χ0) is 13.7. The Morgan fingerprint density at radius 1 is 1.16 bits per heavy atom. The smallest absolute Gasteiger partial charge is 0.408 e. The first-order valence-electron chi connectivity index (χ1n) is 7.13. The Hall–Kier alpha value is -1.51. The Kier molecular flexibility index (Phi) is 4.46. The van der Waals surface area contributed by atoms with Crippen LogP contribution >= 0.6 is 0 Å². The summed E-state index contributed by atoms with van der Waals surface area (Å²) in [6.07, 6.45) is 5.52. The summed E-state index contributed by atoms with van der Waals surface area (Å²) in [6, 6.07) is 10.1. The molecule has 1 saturated carbocycles. The van der Waals surface area contributed by atoms with Gasteiger partial charge in [0, 0.05) is 6.04 Å². The van der Waals surface area contributed by atoms with Crippen LogP contribution < -0.4 is 5.32 Å². The van der Waals surface area contributed by atoms with Crippen molar-refractivity contribution in [2.75, 3.05) is 0 Å². The lowest BCUT2D eigenvalue weighted by atomic mass is 9.96. The van der Waals surface area contributed by atoms with Gasteiger partial charge in [-0.25, -0.2) is 4.79 Å². The van der Waals surface area contributed by atoms with Gasteiger partial charge in [0.25, 0.3) is 0 Å². The normalized spacial score (nSPS) is 16.9. The molecule has 3 heteroatoms. The van der Waals surface area contributed by atoms with Crippen LogP contribution in [0.25, 0.3) is 0 Å². The van der Waals surface area contributed by atoms with E-state index >= 15 is 0 Å². The summed E-state index contributed by atoms with van der Waals surface area (Å²) in [5.41, 5.74) is 0.411. The van der Waals surface area contributed by atoms with Gasteiger partial charge >= 0.3 is 6.09 Å². The molecule has 1 aliphatic carbocycles. The highest BCUT2D eigenvalue weighted by molar-refractivity contribution is 5.68. The van der Waals surface area contributed by atoms with Gasteiger partial charge in [-0.2, -0.15) is 0 Å². The summed E-state index contributed by atoms with van der Waals surface area (Å²) < 4.78 is 5.58. The molecule has 2 rings (SSSR count). The molecule has 0 atom stereocenters. The molecule has 0 bridgehead atoms. The molecule has 1 amide bonds. The minimum atomic E-state index is -0.597. The van der Waals surface area contributed by atoms with E-state index in [-0.39, 0.29) is 12.1 Å².